The lowest BCUT2D eigenvalue weighted by atomic mass is 10.00. The molecule has 3 aromatic rings. The Balaban J connectivity index is 1.70. The number of carboxylic acid groups (broad SMARTS) is 1. The first-order chi connectivity index (χ1) is 17.5. The highest BCUT2D eigenvalue weighted by Crippen LogP contribution is 2.40. The number of aromatic nitrogens is 1. The zero-order valence-electron chi connectivity index (χ0n) is 20.0. The number of aromatic carboxylic acids is 1. The molecule has 9 heteroatoms. The third-order valence-corrected chi connectivity index (χ3v) is 5.84. The Morgan fingerprint density at radius 3 is 2.67 bits per heavy atom. The van der Waals surface area contributed by atoms with Crippen molar-refractivity contribution >= 4 is 23.9 Å². The maximum absolute atomic E-state index is 11.3. The quantitative estimate of drug-likeness (QED) is 0.426. The molecule has 9 nitrogen and oxygen atoms in total. The van der Waals surface area contributed by atoms with Gasteiger partial charge in [0, 0.05) is 30.7 Å². The Morgan fingerprint density at radius 2 is 2.03 bits per heavy atom. The van der Waals surface area contributed by atoms with Crippen LogP contribution in [0, 0.1) is 11.3 Å². The summed E-state index contributed by atoms with van der Waals surface area (Å²) in [5.41, 5.74) is 2.62. The summed E-state index contributed by atoms with van der Waals surface area (Å²) in [6, 6.07) is 10.6. The first-order valence-corrected chi connectivity index (χ1v) is 11.3. The largest absolute Gasteiger partial charge is 0.494 e. The van der Waals surface area contributed by atoms with Gasteiger partial charge in [0.15, 0.2) is 11.5 Å². The molecule has 1 fully saturated rings. The fraction of sp³-hybridized carbons (Fsp3) is 0.259. The fourth-order valence-electron chi connectivity index (χ4n) is 4.00. The van der Waals surface area contributed by atoms with Gasteiger partial charge in [-0.15, -0.1) is 0 Å². The maximum Gasteiger partial charge on any atom is 0.337 e. The van der Waals surface area contributed by atoms with E-state index >= 15 is 0 Å². The van der Waals surface area contributed by atoms with E-state index in [0.29, 0.717) is 53.0 Å². The van der Waals surface area contributed by atoms with E-state index < -0.39 is 5.97 Å². The number of nitrogens with zero attached hydrogens (tertiary/aromatic N) is 3. The van der Waals surface area contributed by atoms with Crippen LogP contribution in [0.25, 0.3) is 17.0 Å². The van der Waals surface area contributed by atoms with Crippen LogP contribution < -0.4 is 9.47 Å². The number of carboxylic acids is 1. The van der Waals surface area contributed by atoms with Crippen LogP contribution in [0.4, 0.5) is 5.69 Å². The van der Waals surface area contributed by atoms with Gasteiger partial charge in [-0.05, 0) is 37.4 Å². The molecule has 0 atom stereocenters. The summed E-state index contributed by atoms with van der Waals surface area (Å²) in [7, 11) is 1.42. The molecule has 3 heterocycles. The van der Waals surface area contributed by atoms with Crippen LogP contribution in [-0.4, -0.2) is 49.2 Å². The molecule has 2 aromatic heterocycles. The molecular weight excluding hydrogens is 462 g/mol. The topological polar surface area (TPSA) is 127 Å². The van der Waals surface area contributed by atoms with Crippen molar-refractivity contribution in [1.82, 2.24) is 4.98 Å². The fourth-order valence-corrected chi connectivity index (χ4v) is 4.00. The van der Waals surface area contributed by atoms with Gasteiger partial charge >= 0.3 is 5.97 Å². The van der Waals surface area contributed by atoms with E-state index in [1.54, 1.807) is 18.2 Å². The van der Waals surface area contributed by atoms with Crippen molar-refractivity contribution in [2.75, 3.05) is 20.3 Å². The molecule has 1 aromatic carbocycles. The third-order valence-electron chi connectivity index (χ3n) is 5.84. The number of methoxy groups -OCH3 is 1. The van der Waals surface area contributed by atoms with Gasteiger partial charge in [-0.25, -0.2) is 9.78 Å². The lowest BCUT2D eigenvalue weighted by Gasteiger charge is -2.24. The summed E-state index contributed by atoms with van der Waals surface area (Å²) in [4.78, 5) is 19.6. The van der Waals surface area contributed by atoms with Gasteiger partial charge < -0.3 is 23.7 Å². The van der Waals surface area contributed by atoms with Crippen molar-refractivity contribution in [3.05, 3.63) is 65.1 Å². The number of aliphatic imine (C=N–C) groups is 1. The van der Waals surface area contributed by atoms with E-state index in [2.05, 4.69) is 22.8 Å². The summed E-state index contributed by atoms with van der Waals surface area (Å²) in [6.07, 6.45) is 4.65. The van der Waals surface area contributed by atoms with Crippen molar-refractivity contribution in [3.63, 3.8) is 0 Å². The standard InChI is InChI=1S/C27H25N3O6/c1-4-20(16-5-6-22(17(11-16)14-28)35-19-7-9-34-10-8-19)26-21(29-2)13-24(36-26)25-23(33-3)12-18(15-30-25)27(31)32/h4-6,11-13,15,19H,2,7-10H2,1,3H3,(H,31,32)/b20-4-. The van der Waals surface area contributed by atoms with E-state index in [9.17, 15) is 15.2 Å². The zero-order valence-corrected chi connectivity index (χ0v) is 20.0. The first-order valence-electron chi connectivity index (χ1n) is 11.3. The number of hydrogen-bond acceptors (Lipinski definition) is 8. The number of hydrogen-bond donors (Lipinski definition) is 1. The first kappa shape index (κ1) is 24.7. The van der Waals surface area contributed by atoms with Gasteiger partial charge in [-0.1, -0.05) is 12.1 Å². The van der Waals surface area contributed by atoms with E-state index in [0.717, 1.165) is 18.4 Å². The van der Waals surface area contributed by atoms with Gasteiger partial charge in [0.05, 0.1) is 31.5 Å². The number of ether oxygens (including phenoxy) is 3. The molecule has 184 valence electrons. The zero-order chi connectivity index (χ0) is 25.7. The number of allylic oxidation sites excluding steroid dienone is 1. The molecule has 36 heavy (non-hydrogen) atoms. The smallest absolute Gasteiger partial charge is 0.337 e. The molecule has 0 radical (unpaired) electrons. The number of carbonyl (C=O) groups is 1. The molecular formula is C27H25N3O6. The Labute approximate surface area is 208 Å². The predicted molar refractivity (Wildman–Crippen MR) is 133 cm³/mol. The lowest BCUT2D eigenvalue weighted by Crippen LogP contribution is -2.26. The van der Waals surface area contributed by atoms with Crippen LogP contribution in [0.3, 0.4) is 0 Å². The Kier molecular flexibility index (Phi) is 7.47. The molecule has 1 aliphatic rings. The van der Waals surface area contributed by atoms with Crippen molar-refractivity contribution in [1.29, 1.82) is 5.26 Å². The van der Waals surface area contributed by atoms with Crippen molar-refractivity contribution in [2.45, 2.75) is 25.9 Å². The molecule has 0 spiro atoms. The Morgan fingerprint density at radius 1 is 1.25 bits per heavy atom. The van der Waals surface area contributed by atoms with Gasteiger partial charge in [0.1, 0.15) is 35.1 Å². The normalized spacial score (nSPS) is 14.2. The van der Waals surface area contributed by atoms with E-state index in [1.807, 2.05) is 19.1 Å². The molecule has 0 unspecified atom stereocenters. The van der Waals surface area contributed by atoms with Crippen LogP contribution in [0.15, 0.2) is 52.0 Å². The van der Waals surface area contributed by atoms with Gasteiger partial charge in [0.25, 0.3) is 0 Å². The van der Waals surface area contributed by atoms with Crippen molar-refractivity contribution in [2.24, 2.45) is 4.99 Å². The number of benzene rings is 1. The van der Waals surface area contributed by atoms with Crippen LogP contribution >= 0.6 is 0 Å². The second-order valence-corrected chi connectivity index (χ2v) is 8.02. The highest BCUT2D eigenvalue weighted by atomic mass is 16.5. The SMILES string of the molecule is C=Nc1cc(-c2ncc(C(=O)O)cc2OC)oc1/C(=C\C)c1ccc(OC2CCOCC2)c(C#N)c1. The van der Waals surface area contributed by atoms with Crippen molar-refractivity contribution < 1.29 is 28.5 Å². The molecule has 0 saturated carbocycles. The van der Waals surface area contributed by atoms with E-state index in [4.69, 9.17) is 18.6 Å². The van der Waals surface area contributed by atoms with Gasteiger partial charge in [-0.3, -0.25) is 4.99 Å². The molecule has 1 saturated heterocycles. The van der Waals surface area contributed by atoms with E-state index in [1.165, 1.54) is 19.4 Å². The van der Waals surface area contributed by atoms with Gasteiger partial charge in [-0.2, -0.15) is 5.26 Å². The summed E-state index contributed by atoms with van der Waals surface area (Å²) in [5, 5.41) is 19.0. The second kappa shape index (κ2) is 10.9. The minimum atomic E-state index is -1.12. The van der Waals surface area contributed by atoms with Crippen LogP contribution in [0.5, 0.6) is 11.5 Å². The molecule has 1 aliphatic heterocycles. The van der Waals surface area contributed by atoms with Crippen LogP contribution in [0.2, 0.25) is 0 Å². The summed E-state index contributed by atoms with van der Waals surface area (Å²) < 4.78 is 22.9. The molecule has 1 N–H and O–H groups in total. The molecule has 0 bridgehead atoms. The van der Waals surface area contributed by atoms with Crippen molar-refractivity contribution in [3.8, 4) is 29.0 Å². The molecule has 0 amide bonds. The summed E-state index contributed by atoms with van der Waals surface area (Å²) in [6.45, 7) is 6.79. The number of furan rings is 1. The van der Waals surface area contributed by atoms with Gasteiger partial charge in [0.2, 0.25) is 0 Å². The van der Waals surface area contributed by atoms with Crippen LogP contribution in [0.1, 0.15) is 47.0 Å². The predicted octanol–water partition coefficient (Wildman–Crippen LogP) is 5.26. The Hall–Kier alpha value is -4.42. The number of rotatable bonds is 8. The number of nitriles is 1. The minimum Gasteiger partial charge on any atom is -0.494 e. The van der Waals surface area contributed by atoms with Crippen LogP contribution in [-0.2, 0) is 4.74 Å². The average Bonchev–Trinajstić information content (AvgIpc) is 3.33. The average molecular weight is 488 g/mol. The summed E-state index contributed by atoms with van der Waals surface area (Å²) >= 11 is 0. The third kappa shape index (κ3) is 4.99. The number of pyridine rings is 1. The lowest BCUT2D eigenvalue weighted by molar-refractivity contribution is 0.0254. The Bertz CT molecular complexity index is 1360. The highest BCUT2D eigenvalue weighted by molar-refractivity contribution is 5.89. The molecule has 4 rings (SSSR count). The highest BCUT2D eigenvalue weighted by Gasteiger charge is 2.22. The van der Waals surface area contributed by atoms with E-state index in [-0.39, 0.29) is 17.4 Å². The summed E-state index contributed by atoms with van der Waals surface area (Å²) in [5.74, 6) is 0.415. The maximum atomic E-state index is 11.3. The second-order valence-electron chi connectivity index (χ2n) is 8.02. The monoisotopic (exact) mass is 487 g/mol. The minimum absolute atomic E-state index is 0.00862. The molecule has 0 aliphatic carbocycles.